The molecule has 2 unspecified atom stereocenters. The molecule has 2 atom stereocenters. The smallest absolute Gasteiger partial charge is 0.0142 e. The minimum atomic E-state index is 0.368. The van der Waals surface area contributed by atoms with Crippen LogP contribution >= 0.6 is 11.3 Å². The fraction of sp³-hybridized carbons (Fsp3) is 0.733. The molecule has 1 heterocycles. The van der Waals surface area contributed by atoms with Gasteiger partial charge in [-0.05, 0) is 41.8 Å². The second kappa shape index (κ2) is 4.10. The van der Waals surface area contributed by atoms with E-state index >= 15 is 0 Å². The summed E-state index contributed by atoms with van der Waals surface area (Å²) in [5.74, 6) is 0.759. The van der Waals surface area contributed by atoms with E-state index in [1.165, 1.54) is 5.56 Å². The molecule has 1 saturated carbocycles. The highest BCUT2D eigenvalue weighted by Crippen LogP contribution is 2.70. The van der Waals surface area contributed by atoms with E-state index in [0.717, 1.165) is 12.5 Å². The largest absolute Gasteiger partial charge is 0.314 e. The van der Waals surface area contributed by atoms with Crippen molar-refractivity contribution < 1.29 is 0 Å². The molecule has 1 fully saturated rings. The summed E-state index contributed by atoms with van der Waals surface area (Å²) in [4.78, 5) is 1.60. The van der Waals surface area contributed by atoms with Gasteiger partial charge in [-0.1, -0.05) is 34.6 Å². The number of nitrogens with one attached hydrogen (secondary N) is 1. The third kappa shape index (κ3) is 1.86. The van der Waals surface area contributed by atoms with Gasteiger partial charge in [0, 0.05) is 16.3 Å². The van der Waals surface area contributed by atoms with Gasteiger partial charge in [0.2, 0.25) is 0 Å². The predicted octanol–water partition coefficient (Wildman–Crippen LogP) is 3.97. The molecule has 2 rings (SSSR count). The van der Waals surface area contributed by atoms with Crippen molar-refractivity contribution in [2.24, 2.45) is 11.3 Å². The topological polar surface area (TPSA) is 12.0 Å². The highest BCUT2D eigenvalue weighted by molar-refractivity contribution is 7.10. The molecule has 2 heteroatoms. The molecule has 1 nitrogen and oxygen atoms in total. The van der Waals surface area contributed by atoms with Crippen LogP contribution in [0.15, 0.2) is 11.4 Å². The Kier molecular flexibility index (Phi) is 3.16. The van der Waals surface area contributed by atoms with Crippen molar-refractivity contribution in [2.45, 2.75) is 53.0 Å². The molecule has 0 bridgehead atoms. The minimum Gasteiger partial charge on any atom is -0.314 e. The summed E-state index contributed by atoms with van der Waals surface area (Å²) in [6.45, 7) is 15.1. The first kappa shape index (κ1) is 13.1. The molecular formula is C15H25NS. The van der Waals surface area contributed by atoms with Crippen molar-refractivity contribution in [3.63, 3.8) is 0 Å². The third-order valence-corrected chi connectivity index (χ3v) is 6.14. The minimum absolute atomic E-state index is 0.368. The number of thiophene rings is 1. The maximum Gasteiger partial charge on any atom is 0.0142 e. The Morgan fingerprint density at radius 3 is 2.47 bits per heavy atom. The Bertz CT molecular complexity index is 405. The molecule has 1 N–H and O–H groups in total. The fourth-order valence-electron chi connectivity index (χ4n) is 3.27. The van der Waals surface area contributed by atoms with E-state index in [1.807, 2.05) is 11.3 Å². The maximum atomic E-state index is 3.60. The van der Waals surface area contributed by atoms with Crippen LogP contribution in [0.5, 0.6) is 0 Å². The highest BCUT2D eigenvalue weighted by atomic mass is 32.1. The van der Waals surface area contributed by atoms with Crippen molar-refractivity contribution in [2.75, 3.05) is 6.54 Å². The lowest BCUT2D eigenvalue weighted by molar-refractivity contribution is 0.489. The summed E-state index contributed by atoms with van der Waals surface area (Å²) < 4.78 is 0. The van der Waals surface area contributed by atoms with Gasteiger partial charge in [-0.25, -0.2) is 0 Å². The fourth-order valence-corrected chi connectivity index (χ4v) is 4.58. The van der Waals surface area contributed by atoms with Crippen LogP contribution in [-0.4, -0.2) is 12.6 Å². The van der Waals surface area contributed by atoms with E-state index in [0.29, 0.717) is 16.9 Å². The molecule has 0 aliphatic heterocycles. The van der Waals surface area contributed by atoms with Crippen LogP contribution in [0, 0.1) is 18.3 Å². The van der Waals surface area contributed by atoms with Gasteiger partial charge in [0.15, 0.2) is 0 Å². The predicted molar refractivity (Wildman–Crippen MR) is 76.8 cm³/mol. The van der Waals surface area contributed by atoms with Crippen LogP contribution in [0.2, 0.25) is 0 Å². The molecule has 0 radical (unpaired) electrons. The Balaban J connectivity index is 2.19. The molecule has 96 valence electrons. The second-order valence-corrected chi connectivity index (χ2v) is 7.39. The quantitative estimate of drug-likeness (QED) is 0.854. The maximum absolute atomic E-state index is 3.60. The lowest BCUT2D eigenvalue weighted by atomic mass is 9.94. The van der Waals surface area contributed by atoms with E-state index in [9.17, 15) is 0 Å². The van der Waals surface area contributed by atoms with Crippen LogP contribution in [-0.2, 0) is 5.41 Å². The monoisotopic (exact) mass is 251 g/mol. The molecule has 1 aromatic heterocycles. The highest BCUT2D eigenvalue weighted by Gasteiger charge is 2.68. The molecule has 0 spiro atoms. The van der Waals surface area contributed by atoms with Crippen LogP contribution in [0.25, 0.3) is 0 Å². The Labute approximate surface area is 110 Å². The zero-order chi connectivity index (χ0) is 12.8. The van der Waals surface area contributed by atoms with Gasteiger partial charge in [0.1, 0.15) is 0 Å². The lowest BCUT2D eigenvalue weighted by Gasteiger charge is -2.14. The van der Waals surface area contributed by atoms with E-state index in [1.54, 1.807) is 4.88 Å². The van der Waals surface area contributed by atoms with E-state index in [4.69, 9.17) is 0 Å². The van der Waals surface area contributed by atoms with Crippen LogP contribution in [0.1, 0.15) is 45.1 Å². The molecule has 1 aromatic rings. The Hall–Kier alpha value is -0.340. The van der Waals surface area contributed by atoms with Gasteiger partial charge < -0.3 is 5.32 Å². The molecule has 0 saturated heterocycles. The van der Waals surface area contributed by atoms with Crippen LogP contribution in [0.4, 0.5) is 0 Å². The van der Waals surface area contributed by atoms with Gasteiger partial charge in [-0.2, -0.15) is 0 Å². The van der Waals surface area contributed by atoms with Gasteiger partial charge in [0.05, 0.1) is 0 Å². The van der Waals surface area contributed by atoms with Crippen LogP contribution in [0.3, 0.4) is 0 Å². The summed E-state index contributed by atoms with van der Waals surface area (Å²) in [7, 11) is 0. The molecule has 0 amide bonds. The summed E-state index contributed by atoms with van der Waals surface area (Å²) in [5, 5.41) is 5.84. The van der Waals surface area contributed by atoms with Crippen molar-refractivity contribution in [3.05, 3.63) is 21.9 Å². The summed E-state index contributed by atoms with van der Waals surface area (Å²) >= 11 is 1.93. The molecule has 1 aliphatic rings. The van der Waals surface area contributed by atoms with Gasteiger partial charge in [0.25, 0.3) is 0 Å². The summed E-state index contributed by atoms with van der Waals surface area (Å²) in [6, 6.07) is 2.84. The first-order chi connectivity index (χ1) is 7.81. The molecule has 17 heavy (non-hydrogen) atoms. The third-order valence-electron chi connectivity index (χ3n) is 4.89. The van der Waals surface area contributed by atoms with Gasteiger partial charge in [-0.3, -0.25) is 0 Å². The molecule has 0 aromatic carbocycles. The standard InChI is InChI=1S/C15H25NS/c1-10(2)16-9-12-14(4,5)15(12,6)13-11(3)7-8-17-13/h7-8,10,12,16H,9H2,1-6H3. The summed E-state index contributed by atoms with van der Waals surface area (Å²) in [6.07, 6.45) is 0. The second-order valence-electron chi connectivity index (χ2n) is 6.47. The summed E-state index contributed by atoms with van der Waals surface area (Å²) in [5.41, 5.74) is 2.26. The van der Waals surface area contributed by atoms with Crippen molar-refractivity contribution in [3.8, 4) is 0 Å². The van der Waals surface area contributed by atoms with Gasteiger partial charge in [-0.15, -0.1) is 11.3 Å². The number of aryl methyl sites for hydroxylation is 1. The Morgan fingerprint density at radius 2 is 2.00 bits per heavy atom. The SMILES string of the molecule is Cc1ccsc1C1(C)C(CNC(C)C)C1(C)C. The van der Waals surface area contributed by atoms with Crippen LogP contribution < -0.4 is 5.32 Å². The first-order valence-electron chi connectivity index (χ1n) is 6.59. The normalized spacial score (nSPS) is 30.9. The number of hydrogen-bond acceptors (Lipinski definition) is 2. The van der Waals surface area contributed by atoms with E-state index < -0.39 is 0 Å². The number of rotatable bonds is 4. The lowest BCUT2D eigenvalue weighted by Crippen LogP contribution is -2.27. The zero-order valence-corrected chi connectivity index (χ0v) is 12.7. The molecular weight excluding hydrogens is 226 g/mol. The average molecular weight is 251 g/mol. The zero-order valence-electron chi connectivity index (χ0n) is 11.9. The van der Waals surface area contributed by atoms with E-state index in [-0.39, 0.29) is 0 Å². The van der Waals surface area contributed by atoms with Crippen molar-refractivity contribution in [1.82, 2.24) is 5.32 Å². The van der Waals surface area contributed by atoms with Crippen molar-refractivity contribution >= 4 is 11.3 Å². The van der Waals surface area contributed by atoms with Crippen molar-refractivity contribution in [1.29, 1.82) is 0 Å². The van der Waals surface area contributed by atoms with Gasteiger partial charge >= 0.3 is 0 Å². The molecule has 1 aliphatic carbocycles. The number of hydrogen-bond donors (Lipinski definition) is 1. The average Bonchev–Trinajstić information content (AvgIpc) is 2.56. The Morgan fingerprint density at radius 1 is 1.35 bits per heavy atom. The van der Waals surface area contributed by atoms with E-state index in [2.05, 4.69) is 58.3 Å². The first-order valence-corrected chi connectivity index (χ1v) is 7.47.